The molecule has 0 radical (unpaired) electrons. The second kappa shape index (κ2) is 7.19. The van der Waals surface area contributed by atoms with Gasteiger partial charge < -0.3 is 19.3 Å². The van der Waals surface area contributed by atoms with E-state index in [-0.39, 0.29) is 13.2 Å². The number of carbonyl (C=O) groups is 2. The molecule has 0 aromatic heterocycles. The van der Waals surface area contributed by atoms with Crippen LogP contribution in [-0.4, -0.2) is 50.6 Å². The average Bonchev–Trinajstić information content (AvgIpc) is 2.26. The fraction of sp³-hybridized carbons (Fsp3) is 0.800. The average molecular weight is 234 g/mol. The summed E-state index contributed by atoms with van der Waals surface area (Å²) in [5.74, 6) is -1.31. The van der Waals surface area contributed by atoms with Gasteiger partial charge in [0.15, 0.2) is 6.61 Å². The van der Waals surface area contributed by atoms with Crippen molar-refractivity contribution in [1.82, 2.24) is 0 Å². The van der Waals surface area contributed by atoms with Gasteiger partial charge in [-0.3, -0.25) is 4.79 Å². The zero-order valence-electron chi connectivity index (χ0n) is 9.82. The molecule has 0 saturated heterocycles. The van der Waals surface area contributed by atoms with E-state index < -0.39 is 30.6 Å². The predicted octanol–water partition coefficient (Wildman–Crippen LogP) is -0.262. The zero-order valence-corrected chi connectivity index (χ0v) is 9.82. The molecule has 0 spiro atoms. The van der Waals surface area contributed by atoms with Gasteiger partial charge in [0.1, 0.15) is 5.41 Å². The van der Waals surface area contributed by atoms with Crippen LogP contribution < -0.4 is 0 Å². The summed E-state index contributed by atoms with van der Waals surface area (Å²) in [7, 11) is 1.41. The lowest BCUT2D eigenvalue weighted by Gasteiger charge is -2.23. The Balaban J connectivity index is 4.17. The van der Waals surface area contributed by atoms with E-state index in [1.165, 1.54) is 14.0 Å². The van der Waals surface area contributed by atoms with Gasteiger partial charge >= 0.3 is 11.9 Å². The molecule has 1 atom stereocenters. The number of esters is 2. The van der Waals surface area contributed by atoms with E-state index in [2.05, 4.69) is 4.74 Å². The van der Waals surface area contributed by atoms with E-state index in [0.717, 1.165) is 0 Å². The Morgan fingerprint density at radius 2 is 1.94 bits per heavy atom. The molecule has 6 heteroatoms. The van der Waals surface area contributed by atoms with Crippen molar-refractivity contribution in [3.8, 4) is 0 Å². The van der Waals surface area contributed by atoms with Crippen LogP contribution in [0, 0.1) is 5.41 Å². The number of rotatable bonds is 7. The summed E-state index contributed by atoms with van der Waals surface area (Å²) in [5.41, 5.74) is -1.15. The van der Waals surface area contributed by atoms with Crippen molar-refractivity contribution >= 4 is 11.9 Å². The molecule has 0 bridgehead atoms. The molecule has 16 heavy (non-hydrogen) atoms. The Morgan fingerprint density at radius 3 is 2.38 bits per heavy atom. The number of carbonyl (C=O) groups excluding carboxylic acids is 2. The Morgan fingerprint density at radius 1 is 1.31 bits per heavy atom. The summed E-state index contributed by atoms with van der Waals surface area (Å²) < 4.78 is 14.1. The smallest absolute Gasteiger partial charge is 0.344 e. The normalized spacial score (nSPS) is 14.0. The third kappa shape index (κ3) is 4.59. The highest BCUT2D eigenvalue weighted by molar-refractivity contribution is 5.80. The molecule has 0 aliphatic carbocycles. The second-order valence-electron chi connectivity index (χ2n) is 3.53. The van der Waals surface area contributed by atoms with Crippen LogP contribution in [0.3, 0.4) is 0 Å². The van der Waals surface area contributed by atoms with Crippen LogP contribution in [0.4, 0.5) is 0 Å². The molecule has 94 valence electrons. The van der Waals surface area contributed by atoms with Gasteiger partial charge in [-0.05, 0) is 13.8 Å². The van der Waals surface area contributed by atoms with Crippen molar-refractivity contribution in [3.05, 3.63) is 0 Å². The fourth-order valence-electron chi connectivity index (χ4n) is 0.989. The zero-order chi connectivity index (χ0) is 12.6. The Labute approximate surface area is 94.5 Å². The van der Waals surface area contributed by atoms with Crippen molar-refractivity contribution in [2.24, 2.45) is 5.41 Å². The minimum Gasteiger partial charge on any atom is -0.463 e. The van der Waals surface area contributed by atoms with Gasteiger partial charge in [0.25, 0.3) is 0 Å². The maximum atomic E-state index is 11.5. The number of aliphatic hydroxyl groups is 1. The van der Waals surface area contributed by atoms with Crippen molar-refractivity contribution in [2.75, 3.05) is 33.5 Å². The quantitative estimate of drug-likeness (QED) is 0.611. The van der Waals surface area contributed by atoms with Crippen LogP contribution in [0.15, 0.2) is 0 Å². The lowest BCUT2D eigenvalue weighted by atomic mass is 9.93. The van der Waals surface area contributed by atoms with Crippen LogP contribution in [0.2, 0.25) is 0 Å². The first-order valence-corrected chi connectivity index (χ1v) is 4.92. The summed E-state index contributed by atoms with van der Waals surface area (Å²) in [4.78, 5) is 22.5. The summed E-state index contributed by atoms with van der Waals surface area (Å²) in [5, 5.41) is 9.06. The fourth-order valence-corrected chi connectivity index (χ4v) is 0.989. The van der Waals surface area contributed by atoms with Gasteiger partial charge in [-0.25, -0.2) is 4.79 Å². The lowest BCUT2D eigenvalue weighted by Crippen LogP contribution is -2.38. The minimum absolute atomic E-state index is 0.0190. The van der Waals surface area contributed by atoms with Gasteiger partial charge in [-0.2, -0.15) is 0 Å². The van der Waals surface area contributed by atoms with E-state index in [9.17, 15) is 9.59 Å². The molecular formula is C10H18O6. The van der Waals surface area contributed by atoms with Gasteiger partial charge in [0, 0.05) is 7.11 Å². The molecule has 0 amide bonds. The molecule has 1 unspecified atom stereocenters. The topological polar surface area (TPSA) is 82.1 Å². The van der Waals surface area contributed by atoms with E-state index >= 15 is 0 Å². The number of ether oxygens (including phenoxy) is 3. The monoisotopic (exact) mass is 234 g/mol. The van der Waals surface area contributed by atoms with E-state index in [1.54, 1.807) is 6.92 Å². The van der Waals surface area contributed by atoms with Crippen molar-refractivity contribution in [1.29, 1.82) is 0 Å². The predicted molar refractivity (Wildman–Crippen MR) is 54.7 cm³/mol. The molecule has 0 fully saturated rings. The van der Waals surface area contributed by atoms with Crippen molar-refractivity contribution in [3.63, 3.8) is 0 Å². The highest BCUT2D eigenvalue weighted by Crippen LogP contribution is 2.17. The maximum Gasteiger partial charge on any atom is 0.344 e. The highest BCUT2D eigenvalue weighted by Gasteiger charge is 2.34. The molecule has 0 heterocycles. The molecule has 0 aromatic rings. The van der Waals surface area contributed by atoms with E-state index in [4.69, 9.17) is 14.6 Å². The third-order valence-electron chi connectivity index (χ3n) is 1.93. The Kier molecular flexibility index (Phi) is 6.67. The first-order chi connectivity index (χ1) is 7.50. The third-order valence-corrected chi connectivity index (χ3v) is 1.93. The molecule has 0 rings (SSSR count). The van der Waals surface area contributed by atoms with Gasteiger partial charge in [0.2, 0.25) is 0 Å². The first kappa shape index (κ1) is 14.9. The molecule has 1 N–H and O–H groups in total. The summed E-state index contributed by atoms with van der Waals surface area (Å²) in [6.45, 7) is 2.53. The molecule has 0 aliphatic rings. The van der Waals surface area contributed by atoms with Crippen molar-refractivity contribution < 1.29 is 28.9 Å². The van der Waals surface area contributed by atoms with Crippen LogP contribution in [-0.2, 0) is 23.8 Å². The number of hydrogen-bond acceptors (Lipinski definition) is 6. The Bertz CT molecular complexity index is 239. The number of hydrogen-bond donors (Lipinski definition) is 1. The van der Waals surface area contributed by atoms with Crippen LogP contribution in [0.25, 0.3) is 0 Å². The molecule has 0 aromatic carbocycles. The SMILES string of the molecule is CCOC(=O)COC(=O)C(C)(CO)COC. The Hall–Kier alpha value is -1.14. The number of aliphatic hydroxyl groups excluding tert-OH is 1. The van der Waals surface area contributed by atoms with Gasteiger partial charge in [-0.1, -0.05) is 0 Å². The minimum atomic E-state index is -1.15. The first-order valence-electron chi connectivity index (χ1n) is 4.92. The summed E-state index contributed by atoms with van der Waals surface area (Å²) in [6, 6.07) is 0. The standard InChI is InChI=1S/C10H18O6/c1-4-15-8(12)5-16-9(13)10(2,6-11)7-14-3/h11H,4-7H2,1-3H3. The van der Waals surface area contributed by atoms with E-state index in [1.807, 2.05) is 0 Å². The van der Waals surface area contributed by atoms with Crippen molar-refractivity contribution in [2.45, 2.75) is 13.8 Å². The van der Waals surface area contributed by atoms with Crippen LogP contribution in [0.1, 0.15) is 13.8 Å². The lowest BCUT2D eigenvalue weighted by molar-refractivity contribution is -0.169. The highest BCUT2D eigenvalue weighted by atomic mass is 16.6. The van der Waals surface area contributed by atoms with Gasteiger partial charge in [-0.15, -0.1) is 0 Å². The molecule has 0 saturated carbocycles. The summed E-state index contributed by atoms with van der Waals surface area (Å²) >= 11 is 0. The molecular weight excluding hydrogens is 216 g/mol. The number of methoxy groups -OCH3 is 1. The molecule has 0 aliphatic heterocycles. The largest absolute Gasteiger partial charge is 0.463 e. The van der Waals surface area contributed by atoms with E-state index in [0.29, 0.717) is 0 Å². The van der Waals surface area contributed by atoms with Crippen LogP contribution in [0.5, 0.6) is 0 Å². The second-order valence-corrected chi connectivity index (χ2v) is 3.53. The maximum absolute atomic E-state index is 11.5. The van der Waals surface area contributed by atoms with Gasteiger partial charge in [0.05, 0.1) is 19.8 Å². The van der Waals surface area contributed by atoms with Crippen LogP contribution >= 0.6 is 0 Å². The molecule has 6 nitrogen and oxygen atoms in total. The summed E-state index contributed by atoms with van der Waals surface area (Å²) in [6.07, 6.45) is 0.